The highest BCUT2D eigenvalue weighted by atomic mass is 16.5. The molecule has 1 heterocycles. The van der Waals surface area contributed by atoms with Crippen LogP contribution in [0.15, 0.2) is 36.7 Å². The Morgan fingerprint density at radius 1 is 1.43 bits per heavy atom. The van der Waals surface area contributed by atoms with Crippen LogP contribution in [0.25, 0.3) is 0 Å². The number of hydrogen-bond acceptors (Lipinski definition) is 3. The number of nitrogens with one attached hydrogen (secondary N) is 1. The van der Waals surface area contributed by atoms with Crippen molar-refractivity contribution >= 4 is 5.97 Å². The number of carboxylic acid groups (broad SMARTS) is 1. The van der Waals surface area contributed by atoms with E-state index in [0.717, 1.165) is 24.2 Å². The van der Waals surface area contributed by atoms with Gasteiger partial charge in [0.05, 0.1) is 0 Å². The molecule has 2 rings (SSSR count). The summed E-state index contributed by atoms with van der Waals surface area (Å²) in [5, 5.41) is 9.27. The Hall–Kier alpha value is -2.30. The lowest BCUT2D eigenvalue weighted by Crippen LogP contribution is -2.27. The molecule has 1 unspecified atom stereocenters. The summed E-state index contributed by atoms with van der Waals surface area (Å²) >= 11 is 0. The van der Waals surface area contributed by atoms with Gasteiger partial charge in [-0.15, -0.1) is 0 Å². The first-order valence-corrected chi connectivity index (χ1v) is 7.16. The number of carbonyl (C=O) groups is 1. The fourth-order valence-corrected chi connectivity index (χ4v) is 2.12. The molecule has 5 heteroatoms. The highest BCUT2D eigenvalue weighted by Gasteiger charge is 2.20. The molecule has 0 aliphatic carbocycles. The number of aromatic amines is 1. The average molecular weight is 288 g/mol. The number of benzene rings is 1. The van der Waals surface area contributed by atoms with Gasteiger partial charge < -0.3 is 14.8 Å². The van der Waals surface area contributed by atoms with Crippen molar-refractivity contribution in [2.24, 2.45) is 0 Å². The van der Waals surface area contributed by atoms with Crippen LogP contribution in [0.3, 0.4) is 0 Å². The SMILES string of the molecule is CCCCC(Oc1ccccc1Cc1ncc[nH]1)C(=O)O. The normalized spacial score (nSPS) is 12.0. The van der Waals surface area contributed by atoms with Crippen LogP contribution in [0, 0.1) is 0 Å². The minimum Gasteiger partial charge on any atom is -0.479 e. The Morgan fingerprint density at radius 2 is 2.24 bits per heavy atom. The number of imidazole rings is 1. The third kappa shape index (κ3) is 4.34. The van der Waals surface area contributed by atoms with E-state index in [9.17, 15) is 9.90 Å². The molecule has 1 atom stereocenters. The van der Waals surface area contributed by atoms with Crippen LogP contribution in [0.2, 0.25) is 0 Å². The monoisotopic (exact) mass is 288 g/mol. The van der Waals surface area contributed by atoms with Crippen molar-refractivity contribution in [2.75, 3.05) is 0 Å². The lowest BCUT2D eigenvalue weighted by atomic mass is 10.1. The summed E-state index contributed by atoms with van der Waals surface area (Å²) in [7, 11) is 0. The molecule has 0 aliphatic rings. The summed E-state index contributed by atoms with van der Waals surface area (Å²) in [5.41, 5.74) is 0.926. The molecule has 5 nitrogen and oxygen atoms in total. The van der Waals surface area contributed by atoms with Gasteiger partial charge in [0.25, 0.3) is 0 Å². The maximum Gasteiger partial charge on any atom is 0.344 e. The minimum absolute atomic E-state index is 0.515. The van der Waals surface area contributed by atoms with Crippen molar-refractivity contribution in [1.82, 2.24) is 9.97 Å². The fourth-order valence-electron chi connectivity index (χ4n) is 2.12. The second kappa shape index (κ2) is 7.47. The predicted octanol–water partition coefficient (Wildman–Crippen LogP) is 3.02. The number of hydrogen-bond donors (Lipinski definition) is 2. The van der Waals surface area contributed by atoms with Gasteiger partial charge in [-0.2, -0.15) is 0 Å². The second-order valence-corrected chi connectivity index (χ2v) is 4.91. The average Bonchev–Trinajstić information content (AvgIpc) is 2.97. The Labute approximate surface area is 124 Å². The van der Waals surface area contributed by atoms with Gasteiger partial charge in [0.1, 0.15) is 11.6 Å². The van der Waals surface area contributed by atoms with Crippen LogP contribution in [0.5, 0.6) is 5.75 Å². The lowest BCUT2D eigenvalue weighted by molar-refractivity contribution is -0.145. The molecule has 0 amide bonds. The summed E-state index contributed by atoms with van der Waals surface area (Å²) in [6, 6.07) is 7.49. The van der Waals surface area contributed by atoms with Gasteiger partial charge in [-0.3, -0.25) is 0 Å². The third-order valence-electron chi connectivity index (χ3n) is 3.25. The number of aromatic nitrogens is 2. The van der Waals surface area contributed by atoms with E-state index in [1.165, 1.54) is 0 Å². The van der Waals surface area contributed by atoms with Gasteiger partial charge in [-0.1, -0.05) is 31.5 Å². The van der Waals surface area contributed by atoms with Crippen molar-refractivity contribution < 1.29 is 14.6 Å². The van der Waals surface area contributed by atoms with E-state index < -0.39 is 12.1 Å². The number of unbranched alkanes of at least 4 members (excludes halogenated alkanes) is 1. The first kappa shape index (κ1) is 15.1. The van der Waals surface area contributed by atoms with Crippen LogP contribution in [0.1, 0.15) is 37.6 Å². The van der Waals surface area contributed by atoms with Crippen molar-refractivity contribution in [3.05, 3.63) is 48.0 Å². The molecule has 0 saturated carbocycles. The summed E-state index contributed by atoms with van der Waals surface area (Å²) in [4.78, 5) is 18.5. The Kier molecular flexibility index (Phi) is 5.37. The molecular weight excluding hydrogens is 268 g/mol. The van der Waals surface area contributed by atoms with Crippen LogP contribution < -0.4 is 4.74 Å². The maximum atomic E-state index is 11.3. The maximum absolute atomic E-state index is 11.3. The number of H-pyrrole nitrogens is 1. The quantitative estimate of drug-likeness (QED) is 0.783. The summed E-state index contributed by atoms with van der Waals surface area (Å²) < 4.78 is 5.72. The molecule has 0 saturated heterocycles. The van der Waals surface area contributed by atoms with E-state index in [1.54, 1.807) is 18.5 Å². The second-order valence-electron chi connectivity index (χ2n) is 4.91. The van der Waals surface area contributed by atoms with Gasteiger partial charge in [0.2, 0.25) is 0 Å². The molecule has 0 radical (unpaired) electrons. The van der Waals surface area contributed by atoms with E-state index in [0.29, 0.717) is 18.6 Å². The largest absolute Gasteiger partial charge is 0.479 e. The number of rotatable bonds is 8. The van der Waals surface area contributed by atoms with E-state index in [4.69, 9.17) is 4.74 Å². The van der Waals surface area contributed by atoms with Gasteiger partial charge in [0, 0.05) is 24.4 Å². The van der Waals surface area contributed by atoms with Crippen molar-refractivity contribution in [3.8, 4) is 5.75 Å². The predicted molar refractivity (Wildman–Crippen MR) is 79.4 cm³/mol. The third-order valence-corrected chi connectivity index (χ3v) is 3.25. The zero-order chi connectivity index (χ0) is 15.1. The molecule has 1 aromatic carbocycles. The zero-order valence-electron chi connectivity index (χ0n) is 12.1. The first-order chi connectivity index (χ1) is 10.2. The van der Waals surface area contributed by atoms with Gasteiger partial charge in [-0.05, 0) is 18.9 Å². The van der Waals surface area contributed by atoms with E-state index in [1.807, 2.05) is 25.1 Å². The molecule has 0 spiro atoms. The number of ether oxygens (including phenoxy) is 1. The molecule has 0 bridgehead atoms. The molecule has 2 aromatic rings. The summed E-state index contributed by atoms with van der Waals surface area (Å²) in [5.74, 6) is 0.514. The van der Waals surface area contributed by atoms with Crippen molar-refractivity contribution in [2.45, 2.75) is 38.7 Å². The van der Waals surface area contributed by atoms with E-state index in [-0.39, 0.29) is 0 Å². The topological polar surface area (TPSA) is 75.2 Å². The van der Waals surface area contributed by atoms with Crippen molar-refractivity contribution in [1.29, 1.82) is 0 Å². The molecular formula is C16H20N2O3. The van der Waals surface area contributed by atoms with E-state index >= 15 is 0 Å². The summed E-state index contributed by atoms with van der Waals surface area (Å²) in [6.45, 7) is 2.03. The number of carboxylic acids is 1. The molecule has 1 aromatic heterocycles. The van der Waals surface area contributed by atoms with Gasteiger partial charge >= 0.3 is 5.97 Å². The molecule has 112 valence electrons. The van der Waals surface area contributed by atoms with Crippen molar-refractivity contribution in [3.63, 3.8) is 0 Å². The van der Waals surface area contributed by atoms with Gasteiger partial charge in [0.15, 0.2) is 6.10 Å². The Balaban J connectivity index is 2.12. The molecule has 0 aliphatic heterocycles. The Bertz CT molecular complexity index is 567. The van der Waals surface area contributed by atoms with Crippen LogP contribution in [-0.4, -0.2) is 27.1 Å². The molecule has 2 N–H and O–H groups in total. The lowest BCUT2D eigenvalue weighted by Gasteiger charge is -2.17. The highest BCUT2D eigenvalue weighted by molar-refractivity contribution is 5.72. The minimum atomic E-state index is -0.920. The highest BCUT2D eigenvalue weighted by Crippen LogP contribution is 2.23. The number of aliphatic carboxylic acids is 1. The Morgan fingerprint density at radius 3 is 2.90 bits per heavy atom. The standard InChI is InChI=1S/C16H20N2O3/c1-2-3-7-14(16(19)20)21-13-8-5-4-6-12(13)11-15-17-9-10-18-15/h4-6,8-10,14H,2-3,7,11H2,1H3,(H,17,18)(H,19,20). The molecule has 0 fully saturated rings. The van der Waals surface area contributed by atoms with E-state index in [2.05, 4.69) is 9.97 Å². The van der Waals surface area contributed by atoms with Gasteiger partial charge in [-0.25, -0.2) is 9.78 Å². The first-order valence-electron chi connectivity index (χ1n) is 7.16. The number of nitrogens with zero attached hydrogens (tertiary/aromatic N) is 1. The smallest absolute Gasteiger partial charge is 0.344 e. The van der Waals surface area contributed by atoms with Crippen LogP contribution >= 0.6 is 0 Å². The van der Waals surface area contributed by atoms with Crippen LogP contribution in [-0.2, 0) is 11.2 Å². The summed E-state index contributed by atoms with van der Waals surface area (Å²) in [6.07, 6.45) is 5.53. The zero-order valence-corrected chi connectivity index (χ0v) is 12.1. The van der Waals surface area contributed by atoms with Crippen LogP contribution in [0.4, 0.5) is 0 Å². The number of para-hydroxylation sites is 1. The molecule has 21 heavy (non-hydrogen) atoms. The fraction of sp³-hybridized carbons (Fsp3) is 0.375.